The molecule has 2 bridgehead atoms. The predicted octanol–water partition coefficient (Wildman–Crippen LogP) is 0.277. The van der Waals surface area contributed by atoms with Crippen molar-refractivity contribution in [2.24, 2.45) is 5.41 Å². The SMILES string of the molecule is COCC(=O)CC12CC(NC(=O)COC)(C1)C2. The van der Waals surface area contributed by atoms with E-state index in [1.165, 1.54) is 14.2 Å². The fraction of sp³-hybridized carbons (Fsp3) is 0.833. The van der Waals surface area contributed by atoms with Crippen LogP contribution < -0.4 is 5.32 Å². The average Bonchev–Trinajstić information content (AvgIpc) is 2.13. The van der Waals surface area contributed by atoms with E-state index in [1.54, 1.807) is 0 Å². The van der Waals surface area contributed by atoms with Gasteiger partial charge in [0.1, 0.15) is 13.2 Å². The first-order valence-electron chi connectivity index (χ1n) is 5.84. The number of amides is 1. The second-order valence-electron chi connectivity index (χ2n) is 5.44. The average molecular weight is 241 g/mol. The van der Waals surface area contributed by atoms with Crippen molar-refractivity contribution in [1.29, 1.82) is 0 Å². The molecule has 3 rings (SSSR count). The van der Waals surface area contributed by atoms with Crippen LogP contribution in [-0.4, -0.2) is 44.7 Å². The van der Waals surface area contributed by atoms with E-state index in [-0.39, 0.29) is 35.9 Å². The molecular weight excluding hydrogens is 222 g/mol. The fourth-order valence-electron chi connectivity index (χ4n) is 3.41. The van der Waals surface area contributed by atoms with E-state index in [4.69, 9.17) is 9.47 Å². The van der Waals surface area contributed by atoms with Crippen molar-refractivity contribution in [3.8, 4) is 0 Å². The monoisotopic (exact) mass is 241 g/mol. The number of hydrogen-bond donors (Lipinski definition) is 1. The Balaban J connectivity index is 1.73. The first-order valence-corrected chi connectivity index (χ1v) is 5.84. The molecule has 0 unspecified atom stereocenters. The number of ether oxygens (including phenoxy) is 2. The first kappa shape index (κ1) is 12.5. The fourth-order valence-corrected chi connectivity index (χ4v) is 3.41. The van der Waals surface area contributed by atoms with E-state index in [0.717, 1.165) is 19.3 Å². The standard InChI is InChI=1S/C12H19NO4/c1-16-4-9(14)3-11-6-12(7-11,8-11)13-10(15)5-17-2/h3-8H2,1-2H3,(H,13,15). The minimum absolute atomic E-state index is 0.0387. The van der Waals surface area contributed by atoms with Gasteiger partial charge in [-0.15, -0.1) is 0 Å². The van der Waals surface area contributed by atoms with Gasteiger partial charge >= 0.3 is 0 Å². The van der Waals surface area contributed by atoms with Crippen LogP contribution in [0.2, 0.25) is 0 Å². The zero-order valence-electron chi connectivity index (χ0n) is 10.4. The van der Waals surface area contributed by atoms with Gasteiger partial charge in [-0.2, -0.15) is 0 Å². The Morgan fingerprint density at radius 1 is 1.12 bits per heavy atom. The number of carbonyl (C=O) groups excluding carboxylic acids is 2. The Morgan fingerprint density at radius 3 is 2.24 bits per heavy atom. The topological polar surface area (TPSA) is 64.6 Å². The number of ketones is 1. The van der Waals surface area contributed by atoms with Gasteiger partial charge in [-0.3, -0.25) is 9.59 Å². The summed E-state index contributed by atoms with van der Waals surface area (Å²) in [6.07, 6.45) is 3.35. The van der Waals surface area contributed by atoms with Crippen molar-refractivity contribution in [2.75, 3.05) is 27.4 Å². The van der Waals surface area contributed by atoms with Crippen LogP contribution in [-0.2, 0) is 19.1 Å². The van der Waals surface area contributed by atoms with Crippen LogP contribution >= 0.6 is 0 Å². The van der Waals surface area contributed by atoms with Crippen LogP contribution in [0, 0.1) is 5.41 Å². The molecule has 0 radical (unpaired) electrons. The predicted molar refractivity (Wildman–Crippen MR) is 60.5 cm³/mol. The highest BCUT2D eigenvalue weighted by Gasteiger charge is 2.68. The van der Waals surface area contributed by atoms with Gasteiger partial charge in [-0.25, -0.2) is 0 Å². The molecule has 0 aromatic heterocycles. The van der Waals surface area contributed by atoms with Crippen LogP contribution in [0.4, 0.5) is 0 Å². The number of nitrogens with one attached hydrogen (secondary N) is 1. The summed E-state index contributed by atoms with van der Waals surface area (Å²) in [5.74, 6) is 0.0908. The maximum Gasteiger partial charge on any atom is 0.246 e. The van der Waals surface area contributed by atoms with Gasteiger partial charge in [-0.1, -0.05) is 0 Å². The highest BCUT2D eigenvalue weighted by Crippen LogP contribution is 2.68. The molecule has 1 N–H and O–H groups in total. The van der Waals surface area contributed by atoms with Crippen molar-refractivity contribution >= 4 is 11.7 Å². The van der Waals surface area contributed by atoms with E-state index in [9.17, 15) is 9.59 Å². The van der Waals surface area contributed by atoms with Crippen LogP contribution in [0.1, 0.15) is 25.7 Å². The van der Waals surface area contributed by atoms with E-state index < -0.39 is 0 Å². The van der Waals surface area contributed by atoms with E-state index in [1.807, 2.05) is 0 Å². The van der Waals surface area contributed by atoms with Gasteiger partial charge < -0.3 is 14.8 Å². The van der Waals surface area contributed by atoms with Crippen molar-refractivity contribution in [2.45, 2.75) is 31.2 Å². The second-order valence-corrected chi connectivity index (χ2v) is 5.44. The summed E-state index contributed by atoms with van der Waals surface area (Å²) >= 11 is 0. The summed E-state index contributed by atoms with van der Waals surface area (Å²) < 4.78 is 9.60. The van der Waals surface area contributed by atoms with Crippen molar-refractivity contribution in [3.05, 3.63) is 0 Å². The lowest BCUT2D eigenvalue weighted by Gasteiger charge is -2.70. The molecule has 0 aromatic rings. The molecule has 3 aliphatic rings. The highest BCUT2D eigenvalue weighted by atomic mass is 16.5. The van der Waals surface area contributed by atoms with Crippen molar-refractivity contribution < 1.29 is 19.1 Å². The molecule has 0 aromatic carbocycles. The van der Waals surface area contributed by atoms with Gasteiger partial charge in [0.2, 0.25) is 5.91 Å². The quantitative estimate of drug-likeness (QED) is 0.695. The van der Waals surface area contributed by atoms with Crippen LogP contribution in [0.25, 0.3) is 0 Å². The molecular formula is C12H19NO4. The smallest absolute Gasteiger partial charge is 0.246 e. The third-order valence-corrected chi connectivity index (χ3v) is 3.70. The summed E-state index contributed by atoms with van der Waals surface area (Å²) in [6.45, 7) is 0.308. The summed E-state index contributed by atoms with van der Waals surface area (Å²) in [7, 11) is 3.04. The molecule has 0 saturated heterocycles. The van der Waals surface area contributed by atoms with Gasteiger partial charge in [0.05, 0.1) is 0 Å². The summed E-state index contributed by atoms with van der Waals surface area (Å²) in [6, 6.07) is 0. The lowest BCUT2D eigenvalue weighted by atomic mass is 9.38. The molecule has 1 amide bonds. The van der Waals surface area contributed by atoms with E-state index in [0.29, 0.717) is 6.42 Å². The minimum Gasteiger partial charge on any atom is -0.377 e. The zero-order chi connectivity index (χ0) is 12.5. The molecule has 96 valence electrons. The normalized spacial score (nSPS) is 33.5. The van der Waals surface area contributed by atoms with Gasteiger partial charge in [-0.05, 0) is 24.7 Å². The highest BCUT2D eigenvalue weighted by molar-refractivity contribution is 5.82. The molecule has 0 atom stereocenters. The van der Waals surface area contributed by atoms with Gasteiger partial charge in [0.25, 0.3) is 0 Å². The number of Topliss-reactive ketones (excluding diaryl/α,β-unsaturated/α-hetero) is 1. The Morgan fingerprint density at radius 2 is 1.71 bits per heavy atom. The molecule has 17 heavy (non-hydrogen) atoms. The molecule has 0 aliphatic heterocycles. The number of rotatable bonds is 7. The number of carbonyl (C=O) groups is 2. The largest absolute Gasteiger partial charge is 0.377 e. The first-order chi connectivity index (χ1) is 8.03. The molecule has 5 heteroatoms. The third-order valence-electron chi connectivity index (χ3n) is 3.70. The Labute approximate surface area is 101 Å². The third kappa shape index (κ3) is 2.35. The van der Waals surface area contributed by atoms with Crippen LogP contribution in [0.5, 0.6) is 0 Å². The molecule has 3 fully saturated rings. The summed E-state index contributed by atoms with van der Waals surface area (Å²) in [5, 5.41) is 2.98. The van der Waals surface area contributed by atoms with Crippen LogP contribution in [0.3, 0.4) is 0 Å². The van der Waals surface area contributed by atoms with Crippen molar-refractivity contribution in [1.82, 2.24) is 5.32 Å². The molecule has 0 spiro atoms. The van der Waals surface area contributed by atoms with Gasteiger partial charge in [0, 0.05) is 26.2 Å². The Kier molecular flexibility index (Phi) is 3.23. The van der Waals surface area contributed by atoms with Gasteiger partial charge in [0.15, 0.2) is 5.78 Å². The lowest BCUT2D eigenvalue weighted by Crippen LogP contribution is -2.75. The Bertz CT molecular complexity index is 290. The second kappa shape index (κ2) is 4.38. The van der Waals surface area contributed by atoms with Crippen LogP contribution in [0.15, 0.2) is 0 Å². The summed E-state index contributed by atoms with van der Waals surface area (Å²) in [5.41, 5.74) is 0.110. The number of hydrogen-bond acceptors (Lipinski definition) is 4. The maximum atomic E-state index is 11.5. The Hall–Kier alpha value is -0.940. The van der Waals surface area contributed by atoms with E-state index in [2.05, 4.69) is 5.32 Å². The summed E-state index contributed by atoms with van der Waals surface area (Å²) in [4.78, 5) is 22.9. The molecule has 0 heterocycles. The maximum absolute atomic E-state index is 11.5. The lowest BCUT2D eigenvalue weighted by molar-refractivity contribution is -0.174. The molecule has 3 aliphatic carbocycles. The van der Waals surface area contributed by atoms with Crippen molar-refractivity contribution in [3.63, 3.8) is 0 Å². The zero-order valence-corrected chi connectivity index (χ0v) is 10.4. The molecule has 3 saturated carbocycles. The minimum atomic E-state index is -0.0657. The number of methoxy groups -OCH3 is 2. The molecule has 5 nitrogen and oxygen atoms in total. The van der Waals surface area contributed by atoms with E-state index >= 15 is 0 Å².